The van der Waals surface area contributed by atoms with Gasteiger partial charge in [-0.25, -0.2) is 0 Å². The molecule has 6 heteroatoms. The van der Waals surface area contributed by atoms with Crippen molar-refractivity contribution in [1.29, 1.82) is 0 Å². The van der Waals surface area contributed by atoms with E-state index >= 15 is 0 Å². The summed E-state index contributed by atoms with van der Waals surface area (Å²) in [6, 6.07) is 0. The molecule has 0 heterocycles. The molecular formula is C10H23O2P2S2. The highest BCUT2D eigenvalue weighted by Crippen LogP contribution is 2.60. The Morgan fingerprint density at radius 3 is 1.94 bits per heavy atom. The molecule has 2 N–H and O–H groups in total. The monoisotopic (exact) mass is 301 g/mol. The molecule has 0 fully saturated rings. The first-order valence-electron chi connectivity index (χ1n) is 5.65. The van der Waals surface area contributed by atoms with E-state index in [0.717, 1.165) is 25.7 Å². The molecule has 0 atom stereocenters. The van der Waals surface area contributed by atoms with E-state index in [0.29, 0.717) is 0 Å². The minimum atomic E-state index is -3.12. The van der Waals surface area contributed by atoms with Crippen molar-refractivity contribution in [3.05, 3.63) is 0 Å². The summed E-state index contributed by atoms with van der Waals surface area (Å²) in [7, 11) is 0. The first-order chi connectivity index (χ1) is 6.89. The van der Waals surface area contributed by atoms with Crippen molar-refractivity contribution in [3.8, 4) is 0 Å². The van der Waals surface area contributed by atoms with Gasteiger partial charge in [-0.15, -0.1) is 0 Å². The Bertz CT molecular complexity index is 215. The summed E-state index contributed by atoms with van der Waals surface area (Å²) in [5.41, 5.74) is -3.12. The second kappa shape index (κ2) is 9.30. The minimum absolute atomic E-state index is 0. The molecule has 0 unspecified atom stereocenters. The summed E-state index contributed by atoms with van der Waals surface area (Å²) in [6.07, 6.45) is 6.51. The van der Waals surface area contributed by atoms with Crippen LogP contribution in [0.15, 0.2) is 0 Å². The maximum absolute atomic E-state index is 9.42. The van der Waals surface area contributed by atoms with Crippen LogP contribution in [-0.2, 0) is 11.8 Å². The second-order valence-corrected chi connectivity index (χ2v) is 10.3. The van der Waals surface area contributed by atoms with Gasteiger partial charge in [0.2, 0.25) is 5.69 Å². The summed E-state index contributed by atoms with van der Waals surface area (Å²) in [5, 5.41) is 0. The Morgan fingerprint density at radius 1 is 1.12 bits per heavy atom. The van der Waals surface area contributed by atoms with Gasteiger partial charge in [-0.1, -0.05) is 51.4 Å². The third kappa shape index (κ3) is 8.44. The number of rotatable bonds is 8. The third-order valence-corrected chi connectivity index (χ3v) is 6.79. The first kappa shape index (κ1) is 19.7. The molecule has 0 amide bonds. The van der Waals surface area contributed by atoms with E-state index in [1.807, 2.05) is 0 Å². The van der Waals surface area contributed by atoms with E-state index in [-0.39, 0.29) is 14.6 Å². The van der Waals surface area contributed by atoms with Crippen LogP contribution < -0.4 is 0 Å². The predicted molar refractivity (Wildman–Crippen MR) is 80.7 cm³/mol. The Kier molecular flexibility index (Phi) is 11.4. The standard InChI is InChI=1S/C10H23O2PS2.P/c1-4-7-8-9-10(5-2,6-3)15-13(11,12)14;/h4-9H2,1-3H3,(H2,11,12,14);. The van der Waals surface area contributed by atoms with Gasteiger partial charge in [0.1, 0.15) is 0 Å². The average Bonchev–Trinajstić information content (AvgIpc) is 2.15. The molecule has 0 saturated carbocycles. The Morgan fingerprint density at radius 2 is 1.62 bits per heavy atom. The quantitative estimate of drug-likeness (QED) is 0.492. The van der Waals surface area contributed by atoms with Crippen LogP contribution in [0.2, 0.25) is 0 Å². The van der Waals surface area contributed by atoms with Crippen molar-refractivity contribution in [1.82, 2.24) is 0 Å². The minimum Gasteiger partial charge on any atom is -0.338 e. The summed E-state index contributed by atoms with van der Waals surface area (Å²) in [6.45, 7) is 6.38. The molecular weight excluding hydrogens is 278 g/mol. The van der Waals surface area contributed by atoms with Gasteiger partial charge < -0.3 is 9.79 Å². The fourth-order valence-electron chi connectivity index (χ4n) is 1.73. The zero-order valence-electron chi connectivity index (χ0n) is 10.3. The van der Waals surface area contributed by atoms with Gasteiger partial charge in [0, 0.05) is 14.6 Å². The van der Waals surface area contributed by atoms with E-state index in [4.69, 9.17) is 11.8 Å². The van der Waals surface area contributed by atoms with Crippen molar-refractivity contribution >= 4 is 38.8 Å². The van der Waals surface area contributed by atoms with Gasteiger partial charge in [-0.2, -0.15) is 0 Å². The molecule has 0 aromatic rings. The SMILES string of the molecule is CCCCCC(CC)(CC)SP(O)(O)=S.[P]. The summed E-state index contributed by atoms with van der Waals surface area (Å²) in [5.74, 6) is 0. The van der Waals surface area contributed by atoms with E-state index < -0.39 is 5.69 Å². The molecule has 0 aromatic carbocycles. The van der Waals surface area contributed by atoms with Gasteiger partial charge in [-0.05, 0) is 31.1 Å². The number of hydrogen-bond donors (Lipinski definition) is 2. The van der Waals surface area contributed by atoms with Crippen LogP contribution in [0, 0.1) is 0 Å². The highest BCUT2D eigenvalue weighted by molar-refractivity contribution is 8.67. The van der Waals surface area contributed by atoms with Gasteiger partial charge in [0.25, 0.3) is 0 Å². The van der Waals surface area contributed by atoms with E-state index in [1.54, 1.807) is 0 Å². The molecule has 0 aliphatic heterocycles. The smallest absolute Gasteiger partial charge is 0.242 e. The van der Waals surface area contributed by atoms with Crippen molar-refractivity contribution in [2.75, 3.05) is 0 Å². The summed E-state index contributed by atoms with van der Waals surface area (Å²) >= 11 is 5.97. The number of hydrogen-bond acceptors (Lipinski definition) is 2. The summed E-state index contributed by atoms with van der Waals surface area (Å²) in [4.78, 5) is 18.8. The predicted octanol–water partition coefficient (Wildman–Crippen LogP) is 4.93. The van der Waals surface area contributed by atoms with Crippen molar-refractivity contribution in [2.24, 2.45) is 0 Å². The average molecular weight is 301 g/mol. The zero-order chi connectivity index (χ0) is 11.9. The van der Waals surface area contributed by atoms with Gasteiger partial charge in [0.05, 0.1) is 0 Å². The molecule has 0 aromatic heterocycles. The first-order valence-corrected chi connectivity index (χ1v) is 9.78. The molecule has 2 nitrogen and oxygen atoms in total. The van der Waals surface area contributed by atoms with E-state index in [9.17, 15) is 9.79 Å². The van der Waals surface area contributed by atoms with Gasteiger partial charge in [0.15, 0.2) is 0 Å². The highest BCUT2D eigenvalue weighted by atomic mass is 32.9. The number of unbranched alkanes of at least 4 members (excludes halogenated alkanes) is 2. The zero-order valence-corrected chi connectivity index (χ0v) is 13.8. The van der Waals surface area contributed by atoms with Crippen molar-refractivity contribution < 1.29 is 9.79 Å². The van der Waals surface area contributed by atoms with Crippen LogP contribution in [0.3, 0.4) is 0 Å². The summed E-state index contributed by atoms with van der Waals surface area (Å²) < 4.78 is -0.0196. The van der Waals surface area contributed by atoms with E-state index in [2.05, 4.69) is 20.8 Å². The van der Waals surface area contributed by atoms with Crippen LogP contribution >= 0.6 is 27.0 Å². The van der Waals surface area contributed by atoms with Gasteiger partial charge in [-0.3, -0.25) is 0 Å². The lowest BCUT2D eigenvalue weighted by Crippen LogP contribution is -2.22. The molecule has 0 aliphatic rings. The largest absolute Gasteiger partial charge is 0.338 e. The molecule has 3 radical (unpaired) electrons. The van der Waals surface area contributed by atoms with Crippen LogP contribution in [0.1, 0.15) is 59.3 Å². The van der Waals surface area contributed by atoms with Crippen LogP contribution in [0.5, 0.6) is 0 Å². The molecule has 97 valence electrons. The lowest BCUT2D eigenvalue weighted by molar-refractivity contribution is 0.472. The van der Waals surface area contributed by atoms with Crippen LogP contribution in [0.4, 0.5) is 0 Å². The second-order valence-electron chi connectivity index (χ2n) is 3.93. The van der Waals surface area contributed by atoms with Crippen LogP contribution in [0.25, 0.3) is 0 Å². The topological polar surface area (TPSA) is 40.5 Å². The van der Waals surface area contributed by atoms with Crippen molar-refractivity contribution in [3.63, 3.8) is 0 Å². The van der Waals surface area contributed by atoms with Crippen LogP contribution in [-0.4, -0.2) is 14.5 Å². The fourth-order valence-corrected chi connectivity index (χ4v) is 6.71. The van der Waals surface area contributed by atoms with Crippen molar-refractivity contribution in [2.45, 2.75) is 64.0 Å². The molecule has 0 aliphatic carbocycles. The Balaban J connectivity index is 0. The molecule has 0 saturated heterocycles. The molecule has 0 rings (SSSR count). The lowest BCUT2D eigenvalue weighted by Gasteiger charge is -2.32. The molecule has 0 spiro atoms. The molecule has 16 heavy (non-hydrogen) atoms. The normalized spacial score (nSPS) is 12.3. The third-order valence-electron chi connectivity index (χ3n) is 2.84. The maximum Gasteiger partial charge on any atom is 0.242 e. The fraction of sp³-hybridized carbons (Fsp3) is 1.00. The lowest BCUT2D eigenvalue weighted by atomic mass is 9.95. The molecule has 0 bridgehead atoms. The Labute approximate surface area is 113 Å². The van der Waals surface area contributed by atoms with Gasteiger partial charge >= 0.3 is 0 Å². The Hall–Kier alpha value is 1.35. The maximum atomic E-state index is 9.42. The van der Waals surface area contributed by atoms with E-state index in [1.165, 1.54) is 24.2 Å². The highest BCUT2D eigenvalue weighted by Gasteiger charge is 2.31.